The van der Waals surface area contributed by atoms with Gasteiger partial charge in [-0.05, 0) is 17.3 Å². The minimum atomic E-state index is -1.66. The molecule has 0 bridgehead atoms. The van der Waals surface area contributed by atoms with Crippen molar-refractivity contribution in [1.82, 2.24) is 0 Å². The monoisotopic (exact) mass is 280 g/mol. The van der Waals surface area contributed by atoms with Crippen LogP contribution in [0.4, 0.5) is 4.39 Å². The summed E-state index contributed by atoms with van der Waals surface area (Å²) >= 11 is 9.07. The first-order valence-corrected chi connectivity index (χ1v) is 8.65. The first-order valence-electron chi connectivity index (χ1n) is 3.98. The second-order valence-electron chi connectivity index (χ2n) is 3.97. The lowest BCUT2D eigenvalue weighted by molar-refractivity contribution is 0.635. The van der Waals surface area contributed by atoms with E-state index in [0.29, 0.717) is 0 Å². The summed E-state index contributed by atoms with van der Waals surface area (Å²) in [6.45, 7) is 6.27. The maximum atomic E-state index is 13.6. The van der Waals surface area contributed by atoms with Crippen molar-refractivity contribution >= 4 is 40.8 Å². The fourth-order valence-electron chi connectivity index (χ4n) is 1.21. The van der Waals surface area contributed by atoms with Crippen LogP contribution in [0.25, 0.3) is 0 Å². The van der Waals surface area contributed by atoms with Gasteiger partial charge in [-0.3, -0.25) is 0 Å². The van der Waals surface area contributed by atoms with Crippen LogP contribution in [-0.2, 0) is 0 Å². The van der Waals surface area contributed by atoms with E-state index in [1.54, 1.807) is 12.1 Å². The first kappa shape index (κ1) is 11.2. The molecular weight excluding hydrogens is 271 g/mol. The van der Waals surface area contributed by atoms with Crippen molar-refractivity contribution in [2.45, 2.75) is 19.6 Å². The SMILES string of the molecule is C[Si](C)(C)c1c(Br)ccc(Cl)c1F. The van der Waals surface area contributed by atoms with Crippen molar-refractivity contribution in [2.24, 2.45) is 0 Å². The maximum absolute atomic E-state index is 13.6. The van der Waals surface area contributed by atoms with Gasteiger partial charge in [0.2, 0.25) is 0 Å². The largest absolute Gasteiger partial charge is 0.205 e. The van der Waals surface area contributed by atoms with Crippen LogP contribution in [0.5, 0.6) is 0 Å². The summed E-state index contributed by atoms with van der Waals surface area (Å²) in [7, 11) is -1.66. The molecule has 0 N–H and O–H groups in total. The number of halogens is 3. The number of rotatable bonds is 1. The average Bonchev–Trinajstić information content (AvgIpc) is 1.95. The van der Waals surface area contributed by atoms with Crippen molar-refractivity contribution in [3.05, 3.63) is 27.4 Å². The van der Waals surface area contributed by atoms with Gasteiger partial charge in [0, 0.05) is 4.47 Å². The Morgan fingerprint density at radius 1 is 1.31 bits per heavy atom. The molecule has 4 heteroatoms. The Balaban J connectivity index is 3.43. The van der Waals surface area contributed by atoms with Gasteiger partial charge in [-0.15, -0.1) is 0 Å². The van der Waals surface area contributed by atoms with E-state index in [4.69, 9.17) is 11.6 Å². The Morgan fingerprint density at radius 2 is 1.85 bits per heavy atom. The molecule has 0 aromatic heterocycles. The van der Waals surface area contributed by atoms with Gasteiger partial charge in [0.1, 0.15) is 5.82 Å². The van der Waals surface area contributed by atoms with Gasteiger partial charge < -0.3 is 0 Å². The molecule has 0 amide bonds. The molecule has 0 spiro atoms. The third kappa shape index (κ3) is 2.33. The third-order valence-corrected chi connectivity index (χ3v) is 5.10. The fraction of sp³-hybridized carbons (Fsp3) is 0.333. The zero-order chi connectivity index (χ0) is 10.2. The molecule has 0 aliphatic rings. The minimum Gasteiger partial charge on any atom is -0.205 e. The molecule has 13 heavy (non-hydrogen) atoms. The van der Waals surface area contributed by atoms with E-state index in [1.807, 2.05) is 0 Å². The predicted octanol–water partition coefficient (Wildman–Crippen LogP) is 3.79. The smallest absolute Gasteiger partial charge is 0.142 e. The summed E-state index contributed by atoms with van der Waals surface area (Å²) < 4.78 is 14.5. The Bertz CT molecular complexity index is 333. The summed E-state index contributed by atoms with van der Waals surface area (Å²) in [6, 6.07) is 3.38. The van der Waals surface area contributed by atoms with Crippen LogP contribution in [-0.4, -0.2) is 8.07 Å². The van der Waals surface area contributed by atoms with Crippen LogP contribution in [0.3, 0.4) is 0 Å². The zero-order valence-corrected chi connectivity index (χ0v) is 11.1. The number of hydrogen-bond acceptors (Lipinski definition) is 0. The van der Waals surface area contributed by atoms with Crippen LogP contribution in [0, 0.1) is 5.82 Å². The highest BCUT2D eigenvalue weighted by molar-refractivity contribution is 9.10. The van der Waals surface area contributed by atoms with Crippen molar-refractivity contribution in [2.75, 3.05) is 0 Å². The van der Waals surface area contributed by atoms with E-state index in [-0.39, 0.29) is 10.8 Å². The van der Waals surface area contributed by atoms with Crippen molar-refractivity contribution in [1.29, 1.82) is 0 Å². The standard InChI is InChI=1S/C9H11BrClFSi/c1-13(2,3)9-6(10)4-5-7(11)8(9)12/h4-5H,1-3H3. The van der Waals surface area contributed by atoms with Gasteiger partial charge in [-0.1, -0.05) is 47.2 Å². The Kier molecular flexibility index (Phi) is 3.20. The number of hydrogen-bond donors (Lipinski definition) is 0. The molecular formula is C9H11BrClFSi. The zero-order valence-electron chi connectivity index (χ0n) is 7.79. The molecule has 0 heterocycles. The normalized spacial score (nSPS) is 11.8. The van der Waals surface area contributed by atoms with Gasteiger partial charge in [0.25, 0.3) is 0 Å². The van der Waals surface area contributed by atoms with Crippen molar-refractivity contribution in [3.8, 4) is 0 Å². The van der Waals surface area contributed by atoms with Crippen molar-refractivity contribution < 1.29 is 4.39 Å². The molecule has 72 valence electrons. The van der Waals surface area contributed by atoms with E-state index >= 15 is 0 Å². The molecule has 0 nitrogen and oxygen atoms in total. The van der Waals surface area contributed by atoms with Gasteiger partial charge in [0.05, 0.1) is 13.1 Å². The lowest BCUT2D eigenvalue weighted by atomic mass is 10.3. The van der Waals surface area contributed by atoms with Crippen LogP contribution in [0.15, 0.2) is 16.6 Å². The summed E-state index contributed by atoms with van der Waals surface area (Å²) in [5, 5.41) is 0.973. The second kappa shape index (κ2) is 3.71. The molecule has 1 rings (SSSR count). The van der Waals surface area contributed by atoms with Gasteiger partial charge in [-0.25, -0.2) is 4.39 Å². The molecule has 0 unspecified atom stereocenters. The average molecular weight is 282 g/mol. The summed E-state index contributed by atoms with van der Waals surface area (Å²) in [5.41, 5.74) is 0. The van der Waals surface area contributed by atoms with Gasteiger partial charge >= 0.3 is 0 Å². The molecule has 1 aromatic rings. The van der Waals surface area contributed by atoms with E-state index in [9.17, 15) is 4.39 Å². The summed E-state index contributed by atoms with van der Waals surface area (Å²) in [4.78, 5) is 0. The topological polar surface area (TPSA) is 0 Å². The highest BCUT2D eigenvalue weighted by Gasteiger charge is 2.24. The van der Waals surface area contributed by atoms with Gasteiger partial charge in [0.15, 0.2) is 0 Å². The molecule has 0 atom stereocenters. The Hall–Kier alpha value is 0.137. The highest BCUT2D eigenvalue weighted by Crippen LogP contribution is 2.21. The van der Waals surface area contributed by atoms with E-state index in [2.05, 4.69) is 35.6 Å². The first-order chi connectivity index (χ1) is 5.84. The molecule has 1 aromatic carbocycles. The van der Waals surface area contributed by atoms with E-state index < -0.39 is 8.07 Å². The van der Waals surface area contributed by atoms with Crippen LogP contribution >= 0.6 is 27.5 Å². The Morgan fingerprint density at radius 3 is 2.23 bits per heavy atom. The van der Waals surface area contributed by atoms with Crippen molar-refractivity contribution in [3.63, 3.8) is 0 Å². The lowest BCUT2D eigenvalue weighted by Gasteiger charge is -2.19. The van der Waals surface area contributed by atoms with Crippen LogP contribution in [0.2, 0.25) is 24.7 Å². The van der Waals surface area contributed by atoms with E-state index in [1.165, 1.54) is 0 Å². The minimum absolute atomic E-state index is 0.209. The summed E-state index contributed by atoms with van der Waals surface area (Å²) in [5.74, 6) is -0.268. The molecule has 0 saturated carbocycles. The van der Waals surface area contributed by atoms with Crippen LogP contribution in [0.1, 0.15) is 0 Å². The molecule has 0 saturated heterocycles. The Labute approximate surface area is 92.2 Å². The predicted molar refractivity (Wildman–Crippen MR) is 62.1 cm³/mol. The molecule has 0 fully saturated rings. The number of benzene rings is 1. The maximum Gasteiger partial charge on any atom is 0.142 e. The van der Waals surface area contributed by atoms with Crippen LogP contribution < -0.4 is 5.19 Å². The summed E-state index contributed by atoms with van der Waals surface area (Å²) in [6.07, 6.45) is 0. The molecule has 0 aliphatic carbocycles. The quantitative estimate of drug-likeness (QED) is 0.543. The second-order valence-corrected chi connectivity index (χ2v) is 10.2. The third-order valence-electron chi connectivity index (χ3n) is 1.79. The fourth-order valence-corrected chi connectivity index (χ4v) is 5.13. The van der Waals surface area contributed by atoms with E-state index in [0.717, 1.165) is 9.66 Å². The molecule has 0 radical (unpaired) electrons. The molecule has 0 aliphatic heterocycles. The van der Waals surface area contributed by atoms with Gasteiger partial charge in [-0.2, -0.15) is 0 Å². The lowest BCUT2D eigenvalue weighted by Crippen LogP contribution is -2.41. The highest BCUT2D eigenvalue weighted by atomic mass is 79.9.